The molecule has 1 aliphatic heterocycles. The van der Waals surface area contributed by atoms with E-state index >= 15 is 0 Å². The molecule has 0 saturated heterocycles. The first-order valence-corrected chi connectivity index (χ1v) is 8.48. The molecule has 0 fully saturated rings. The molecule has 130 valence electrons. The van der Waals surface area contributed by atoms with E-state index in [2.05, 4.69) is 4.98 Å². The molecule has 1 aromatic heterocycles. The molecule has 6 nitrogen and oxygen atoms in total. The van der Waals surface area contributed by atoms with Crippen LogP contribution >= 0.6 is 11.6 Å². The van der Waals surface area contributed by atoms with Crippen LogP contribution < -0.4 is 5.56 Å². The molecule has 0 unspecified atom stereocenters. The van der Waals surface area contributed by atoms with E-state index in [1.165, 1.54) is 0 Å². The molecule has 2 aromatic carbocycles. The van der Waals surface area contributed by atoms with Gasteiger partial charge in [0.1, 0.15) is 5.82 Å². The van der Waals surface area contributed by atoms with Crippen molar-refractivity contribution in [1.29, 1.82) is 0 Å². The van der Waals surface area contributed by atoms with Crippen molar-refractivity contribution in [1.82, 2.24) is 9.55 Å². The van der Waals surface area contributed by atoms with Gasteiger partial charge in [0.05, 0.1) is 15.8 Å². The summed E-state index contributed by atoms with van der Waals surface area (Å²) >= 11 is 6.02. The molecule has 0 saturated carbocycles. The Morgan fingerprint density at radius 3 is 2.85 bits per heavy atom. The van der Waals surface area contributed by atoms with Crippen LogP contribution in [0.4, 0.5) is 5.69 Å². The molecule has 0 radical (unpaired) electrons. The van der Waals surface area contributed by atoms with Crippen molar-refractivity contribution >= 4 is 39.8 Å². The van der Waals surface area contributed by atoms with Gasteiger partial charge in [-0.05, 0) is 48.8 Å². The number of hydrogen-bond donors (Lipinski definition) is 0. The number of nitro groups is 1. The molecule has 26 heavy (non-hydrogen) atoms. The molecule has 0 amide bonds. The Balaban J connectivity index is 1.87. The second-order valence-corrected chi connectivity index (χ2v) is 6.71. The lowest BCUT2D eigenvalue weighted by molar-refractivity contribution is -0.385. The molecule has 0 spiro atoms. The van der Waals surface area contributed by atoms with Crippen LogP contribution in [-0.4, -0.2) is 14.5 Å². The van der Waals surface area contributed by atoms with Crippen molar-refractivity contribution in [2.75, 3.05) is 0 Å². The van der Waals surface area contributed by atoms with Crippen LogP contribution in [0.3, 0.4) is 0 Å². The predicted octanol–water partition coefficient (Wildman–Crippen LogP) is 4.21. The first-order valence-electron chi connectivity index (χ1n) is 8.10. The molecule has 2 heterocycles. The molecular weight excluding hydrogens is 354 g/mol. The van der Waals surface area contributed by atoms with E-state index in [1.54, 1.807) is 41.8 Å². The fourth-order valence-electron chi connectivity index (χ4n) is 3.24. The highest BCUT2D eigenvalue weighted by Gasteiger charge is 2.21. The summed E-state index contributed by atoms with van der Waals surface area (Å²) in [4.78, 5) is 28.0. The van der Waals surface area contributed by atoms with Crippen LogP contribution in [0.25, 0.3) is 22.6 Å². The van der Waals surface area contributed by atoms with Crippen molar-refractivity contribution in [2.24, 2.45) is 0 Å². The van der Waals surface area contributed by atoms with Gasteiger partial charge in [-0.1, -0.05) is 23.7 Å². The van der Waals surface area contributed by atoms with Gasteiger partial charge in [-0.3, -0.25) is 19.5 Å². The molecule has 3 aromatic rings. The van der Waals surface area contributed by atoms with Crippen LogP contribution in [0.2, 0.25) is 5.02 Å². The SMILES string of the molecule is Cc1ccc(/C=C2\CCn3c2nc2cc(Cl)ccc2c3=O)cc1[N+](=O)[O-]. The lowest BCUT2D eigenvalue weighted by atomic mass is 10.1. The lowest BCUT2D eigenvalue weighted by Crippen LogP contribution is -2.20. The highest BCUT2D eigenvalue weighted by Crippen LogP contribution is 2.29. The topological polar surface area (TPSA) is 78.0 Å². The molecule has 0 atom stereocenters. The quantitative estimate of drug-likeness (QED) is 0.502. The Morgan fingerprint density at radius 1 is 1.27 bits per heavy atom. The van der Waals surface area contributed by atoms with Gasteiger partial charge >= 0.3 is 0 Å². The Kier molecular flexibility index (Phi) is 3.85. The van der Waals surface area contributed by atoms with E-state index in [0.29, 0.717) is 45.8 Å². The third-order valence-corrected chi connectivity index (χ3v) is 4.82. The fourth-order valence-corrected chi connectivity index (χ4v) is 3.41. The molecule has 0 N–H and O–H groups in total. The van der Waals surface area contributed by atoms with Gasteiger partial charge in [-0.25, -0.2) is 4.98 Å². The average molecular weight is 368 g/mol. The van der Waals surface area contributed by atoms with E-state index in [9.17, 15) is 14.9 Å². The average Bonchev–Trinajstić information content (AvgIpc) is 2.99. The summed E-state index contributed by atoms with van der Waals surface area (Å²) in [6.07, 6.45) is 2.50. The monoisotopic (exact) mass is 367 g/mol. The first-order chi connectivity index (χ1) is 12.4. The summed E-state index contributed by atoms with van der Waals surface area (Å²) in [5, 5.41) is 12.2. The van der Waals surface area contributed by atoms with E-state index in [4.69, 9.17) is 11.6 Å². The maximum Gasteiger partial charge on any atom is 0.272 e. The normalized spacial score (nSPS) is 14.8. The number of allylic oxidation sites excluding steroid dienone is 1. The summed E-state index contributed by atoms with van der Waals surface area (Å²) in [5.74, 6) is 0.591. The first kappa shape index (κ1) is 16.5. The van der Waals surface area contributed by atoms with E-state index in [0.717, 1.165) is 5.57 Å². The number of aromatic nitrogens is 2. The molecule has 0 aliphatic carbocycles. The fraction of sp³-hybridized carbons (Fsp3) is 0.158. The molecular formula is C19H14ClN3O3. The van der Waals surface area contributed by atoms with Crippen LogP contribution in [0.5, 0.6) is 0 Å². The second kappa shape index (κ2) is 6.07. The van der Waals surface area contributed by atoms with Crippen LogP contribution in [-0.2, 0) is 6.54 Å². The largest absolute Gasteiger partial charge is 0.292 e. The van der Waals surface area contributed by atoms with Gasteiger partial charge in [-0.15, -0.1) is 0 Å². The van der Waals surface area contributed by atoms with Gasteiger partial charge in [0.25, 0.3) is 11.2 Å². The van der Waals surface area contributed by atoms with Gasteiger partial charge in [-0.2, -0.15) is 0 Å². The predicted molar refractivity (Wildman–Crippen MR) is 101 cm³/mol. The van der Waals surface area contributed by atoms with Crippen LogP contribution in [0.15, 0.2) is 41.2 Å². The number of aryl methyl sites for hydroxylation is 1. The number of hydrogen-bond acceptors (Lipinski definition) is 4. The number of rotatable bonds is 2. The zero-order valence-electron chi connectivity index (χ0n) is 13.9. The van der Waals surface area contributed by atoms with Crippen molar-refractivity contribution in [3.63, 3.8) is 0 Å². The summed E-state index contributed by atoms with van der Waals surface area (Å²) in [5.41, 5.74) is 2.73. The second-order valence-electron chi connectivity index (χ2n) is 6.28. The Hall–Kier alpha value is -2.99. The Morgan fingerprint density at radius 2 is 2.08 bits per heavy atom. The molecule has 7 heteroatoms. The van der Waals surface area contributed by atoms with Crippen molar-refractivity contribution in [3.8, 4) is 0 Å². The number of halogens is 1. The molecule has 0 bridgehead atoms. The van der Waals surface area contributed by atoms with E-state index in [-0.39, 0.29) is 11.2 Å². The minimum absolute atomic E-state index is 0.0768. The maximum absolute atomic E-state index is 12.7. The number of nitro benzene ring substituents is 1. The van der Waals surface area contributed by atoms with Crippen molar-refractivity contribution in [3.05, 3.63) is 78.8 Å². The van der Waals surface area contributed by atoms with E-state index in [1.807, 2.05) is 12.1 Å². The van der Waals surface area contributed by atoms with Gasteiger partial charge < -0.3 is 0 Å². The maximum atomic E-state index is 12.7. The van der Waals surface area contributed by atoms with Gasteiger partial charge in [0, 0.05) is 23.2 Å². The van der Waals surface area contributed by atoms with Crippen molar-refractivity contribution < 1.29 is 4.92 Å². The Labute approximate surface area is 153 Å². The number of fused-ring (bicyclic) bond motifs is 2. The smallest absolute Gasteiger partial charge is 0.272 e. The number of nitrogens with zero attached hydrogens (tertiary/aromatic N) is 3. The minimum atomic E-state index is -0.391. The molecule has 4 rings (SSSR count). The van der Waals surface area contributed by atoms with E-state index < -0.39 is 4.92 Å². The summed E-state index contributed by atoms with van der Waals surface area (Å²) in [7, 11) is 0. The highest BCUT2D eigenvalue weighted by molar-refractivity contribution is 6.31. The van der Waals surface area contributed by atoms with Crippen LogP contribution in [0, 0.1) is 17.0 Å². The van der Waals surface area contributed by atoms with Gasteiger partial charge in [0.15, 0.2) is 0 Å². The third kappa shape index (κ3) is 2.68. The zero-order valence-corrected chi connectivity index (χ0v) is 14.7. The summed E-state index contributed by atoms with van der Waals surface area (Å²) in [6.45, 7) is 2.25. The highest BCUT2D eigenvalue weighted by atomic mass is 35.5. The standard InChI is InChI=1S/C19H14ClN3O3/c1-11-2-3-12(9-17(11)23(25)26)8-13-6-7-22-18(13)21-16-10-14(20)4-5-15(16)19(22)24/h2-5,8-10H,6-7H2,1H3/b13-8+. The zero-order chi connectivity index (χ0) is 18.4. The lowest BCUT2D eigenvalue weighted by Gasteiger charge is -2.06. The van der Waals surface area contributed by atoms with Crippen LogP contribution in [0.1, 0.15) is 23.4 Å². The number of benzene rings is 2. The minimum Gasteiger partial charge on any atom is -0.292 e. The van der Waals surface area contributed by atoms with Gasteiger partial charge in [0.2, 0.25) is 0 Å². The summed E-state index contributed by atoms with van der Waals surface area (Å²) < 4.78 is 1.64. The Bertz CT molecular complexity index is 1160. The molecule has 1 aliphatic rings. The van der Waals surface area contributed by atoms with Crippen molar-refractivity contribution in [2.45, 2.75) is 19.9 Å². The third-order valence-electron chi connectivity index (χ3n) is 4.58. The summed E-state index contributed by atoms with van der Waals surface area (Å²) in [6, 6.07) is 10.1.